The standard InChI is InChI=1S/C28H33N3O5S/c1-21-15-16-26(36-3)24(17-21)31(37(4,34)35)20-27(32)30(19-23-13-9-6-10-14-23)25(28(33)29-2)18-22-11-7-5-8-12-22/h5-17,25H,18-20H2,1-4H3,(H,29,33). The second-order valence-corrected chi connectivity index (χ2v) is 10.7. The van der Waals surface area contributed by atoms with E-state index < -0.39 is 28.5 Å². The monoisotopic (exact) mass is 523 g/mol. The van der Waals surface area contributed by atoms with Crippen LogP contribution in [0.15, 0.2) is 78.9 Å². The van der Waals surface area contributed by atoms with Gasteiger partial charge in [-0.3, -0.25) is 13.9 Å². The summed E-state index contributed by atoms with van der Waals surface area (Å²) in [6, 6.07) is 23.0. The van der Waals surface area contributed by atoms with Crippen molar-refractivity contribution in [3.63, 3.8) is 0 Å². The Balaban J connectivity index is 2.05. The number of nitrogens with one attached hydrogen (secondary N) is 1. The number of hydrogen-bond acceptors (Lipinski definition) is 5. The molecule has 3 aromatic rings. The third kappa shape index (κ3) is 7.33. The molecule has 3 aromatic carbocycles. The zero-order valence-electron chi connectivity index (χ0n) is 21.5. The van der Waals surface area contributed by atoms with Crippen molar-refractivity contribution in [1.82, 2.24) is 10.2 Å². The Bertz CT molecular complexity index is 1310. The van der Waals surface area contributed by atoms with Crippen LogP contribution < -0.4 is 14.4 Å². The van der Waals surface area contributed by atoms with E-state index in [2.05, 4.69) is 5.32 Å². The van der Waals surface area contributed by atoms with Crippen molar-refractivity contribution in [2.24, 2.45) is 0 Å². The number of aryl methyl sites for hydroxylation is 1. The predicted molar refractivity (Wildman–Crippen MR) is 145 cm³/mol. The second-order valence-electron chi connectivity index (χ2n) is 8.77. The molecular weight excluding hydrogens is 490 g/mol. The zero-order chi connectivity index (χ0) is 27.0. The fraction of sp³-hybridized carbons (Fsp3) is 0.286. The third-order valence-electron chi connectivity index (χ3n) is 6.00. The fourth-order valence-electron chi connectivity index (χ4n) is 4.09. The number of benzene rings is 3. The Morgan fingerprint density at radius 1 is 0.946 bits per heavy atom. The molecule has 0 aliphatic heterocycles. The van der Waals surface area contributed by atoms with Crippen LogP contribution in [0.2, 0.25) is 0 Å². The van der Waals surface area contributed by atoms with Crippen molar-refractivity contribution in [2.75, 3.05) is 31.3 Å². The first-order valence-corrected chi connectivity index (χ1v) is 13.7. The van der Waals surface area contributed by atoms with Crippen LogP contribution in [0.5, 0.6) is 5.75 Å². The SMILES string of the molecule is CNC(=O)C(Cc1ccccc1)N(Cc1ccccc1)C(=O)CN(c1cc(C)ccc1OC)S(C)(=O)=O. The quantitative estimate of drug-likeness (QED) is 0.417. The molecule has 37 heavy (non-hydrogen) atoms. The van der Waals surface area contributed by atoms with Crippen LogP contribution in [0, 0.1) is 6.92 Å². The zero-order valence-corrected chi connectivity index (χ0v) is 22.4. The molecule has 3 rings (SSSR count). The van der Waals surface area contributed by atoms with E-state index in [1.165, 1.54) is 19.1 Å². The number of likely N-dealkylation sites (N-methyl/N-ethyl adjacent to an activating group) is 1. The van der Waals surface area contributed by atoms with Gasteiger partial charge in [0.15, 0.2) is 0 Å². The highest BCUT2D eigenvalue weighted by molar-refractivity contribution is 7.92. The lowest BCUT2D eigenvalue weighted by Crippen LogP contribution is -2.52. The van der Waals surface area contributed by atoms with E-state index in [0.717, 1.165) is 27.3 Å². The molecule has 196 valence electrons. The van der Waals surface area contributed by atoms with Crippen LogP contribution in [0.3, 0.4) is 0 Å². The molecule has 0 saturated heterocycles. The van der Waals surface area contributed by atoms with Crippen LogP contribution in [-0.4, -0.2) is 58.1 Å². The number of amides is 2. The topological polar surface area (TPSA) is 96.0 Å². The van der Waals surface area contributed by atoms with Gasteiger partial charge in [-0.1, -0.05) is 66.7 Å². The smallest absolute Gasteiger partial charge is 0.244 e. The van der Waals surface area contributed by atoms with E-state index in [1.807, 2.05) is 67.6 Å². The lowest BCUT2D eigenvalue weighted by atomic mass is 10.0. The minimum Gasteiger partial charge on any atom is -0.495 e. The minimum atomic E-state index is -3.87. The summed E-state index contributed by atoms with van der Waals surface area (Å²) in [6.07, 6.45) is 1.32. The molecule has 0 aliphatic rings. The summed E-state index contributed by atoms with van der Waals surface area (Å²) >= 11 is 0. The van der Waals surface area contributed by atoms with Gasteiger partial charge in [-0.2, -0.15) is 0 Å². The highest BCUT2D eigenvalue weighted by Gasteiger charge is 2.33. The maximum absolute atomic E-state index is 13.9. The van der Waals surface area contributed by atoms with E-state index in [9.17, 15) is 18.0 Å². The lowest BCUT2D eigenvalue weighted by Gasteiger charge is -2.33. The van der Waals surface area contributed by atoms with Crippen molar-refractivity contribution in [1.29, 1.82) is 0 Å². The van der Waals surface area contributed by atoms with Gasteiger partial charge in [0.2, 0.25) is 21.8 Å². The molecule has 0 fully saturated rings. The average molecular weight is 524 g/mol. The van der Waals surface area contributed by atoms with Crippen molar-refractivity contribution in [3.05, 3.63) is 95.6 Å². The molecule has 9 heteroatoms. The molecule has 1 N–H and O–H groups in total. The second kappa shape index (κ2) is 12.4. The number of sulfonamides is 1. The maximum Gasteiger partial charge on any atom is 0.244 e. The van der Waals surface area contributed by atoms with E-state index in [1.54, 1.807) is 18.2 Å². The molecule has 0 bridgehead atoms. The Morgan fingerprint density at radius 3 is 2.08 bits per heavy atom. The van der Waals surface area contributed by atoms with Gasteiger partial charge >= 0.3 is 0 Å². The van der Waals surface area contributed by atoms with Gasteiger partial charge in [0.05, 0.1) is 19.1 Å². The highest BCUT2D eigenvalue weighted by atomic mass is 32.2. The van der Waals surface area contributed by atoms with Gasteiger partial charge in [0, 0.05) is 20.0 Å². The maximum atomic E-state index is 13.9. The van der Waals surface area contributed by atoms with Gasteiger partial charge in [0.1, 0.15) is 18.3 Å². The summed E-state index contributed by atoms with van der Waals surface area (Å²) in [5, 5.41) is 2.66. The molecule has 0 saturated carbocycles. The Kier molecular flexibility index (Phi) is 9.30. The van der Waals surface area contributed by atoms with E-state index in [-0.39, 0.29) is 24.6 Å². The summed E-state index contributed by atoms with van der Waals surface area (Å²) in [5.74, 6) is -0.528. The predicted octanol–water partition coefficient (Wildman–Crippen LogP) is 3.16. The highest BCUT2D eigenvalue weighted by Crippen LogP contribution is 2.31. The van der Waals surface area contributed by atoms with Crippen LogP contribution in [0.1, 0.15) is 16.7 Å². The van der Waals surface area contributed by atoms with Gasteiger partial charge in [0.25, 0.3) is 0 Å². The van der Waals surface area contributed by atoms with Crippen molar-refractivity contribution < 1.29 is 22.7 Å². The van der Waals surface area contributed by atoms with Gasteiger partial charge in [-0.15, -0.1) is 0 Å². The van der Waals surface area contributed by atoms with Crippen LogP contribution in [-0.2, 0) is 32.6 Å². The Morgan fingerprint density at radius 2 is 1.54 bits per heavy atom. The number of rotatable bonds is 11. The molecule has 0 aliphatic carbocycles. The number of nitrogens with zero attached hydrogens (tertiary/aromatic N) is 2. The number of carbonyl (C=O) groups excluding carboxylic acids is 2. The summed E-state index contributed by atoms with van der Waals surface area (Å²) in [5.41, 5.74) is 2.77. The fourth-order valence-corrected chi connectivity index (χ4v) is 4.94. The van der Waals surface area contributed by atoms with E-state index in [4.69, 9.17) is 4.74 Å². The van der Waals surface area contributed by atoms with Gasteiger partial charge in [-0.05, 0) is 35.7 Å². The van der Waals surface area contributed by atoms with Crippen LogP contribution in [0.4, 0.5) is 5.69 Å². The summed E-state index contributed by atoms with van der Waals surface area (Å²) in [6.45, 7) is 1.47. The first-order chi connectivity index (χ1) is 17.6. The van der Waals surface area contributed by atoms with E-state index >= 15 is 0 Å². The average Bonchev–Trinajstić information content (AvgIpc) is 2.89. The molecule has 0 heterocycles. The molecule has 1 unspecified atom stereocenters. The van der Waals surface area contributed by atoms with Crippen LogP contribution >= 0.6 is 0 Å². The summed E-state index contributed by atoms with van der Waals surface area (Å²) in [7, 11) is -0.910. The first kappa shape index (κ1) is 27.7. The van der Waals surface area contributed by atoms with E-state index in [0.29, 0.717) is 5.75 Å². The number of anilines is 1. The number of carbonyl (C=O) groups is 2. The molecule has 1 atom stereocenters. The molecule has 2 amide bonds. The Hall–Kier alpha value is -3.85. The molecule has 0 aromatic heterocycles. The van der Waals surface area contributed by atoms with Crippen molar-refractivity contribution in [3.8, 4) is 5.75 Å². The lowest BCUT2D eigenvalue weighted by molar-refractivity contribution is -0.139. The molecule has 8 nitrogen and oxygen atoms in total. The third-order valence-corrected chi connectivity index (χ3v) is 7.12. The van der Waals surface area contributed by atoms with Gasteiger partial charge < -0.3 is 15.0 Å². The molecule has 0 radical (unpaired) electrons. The van der Waals surface area contributed by atoms with Crippen LogP contribution in [0.25, 0.3) is 0 Å². The number of hydrogen-bond donors (Lipinski definition) is 1. The Labute approximate surface area is 218 Å². The summed E-state index contributed by atoms with van der Waals surface area (Å²) in [4.78, 5) is 28.5. The molecular formula is C28H33N3O5S. The normalized spacial score (nSPS) is 11.9. The minimum absolute atomic E-state index is 0.132. The largest absolute Gasteiger partial charge is 0.495 e. The number of ether oxygens (including phenoxy) is 1. The number of methoxy groups -OCH3 is 1. The van der Waals surface area contributed by atoms with Crippen molar-refractivity contribution in [2.45, 2.75) is 25.9 Å². The first-order valence-electron chi connectivity index (χ1n) is 11.8. The molecule has 0 spiro atoms. The van der Waals surface area contributed by atoms with Crippen molar-refractivity contribution >= 4 is 27.5 Å². The van der Waals surface area contributed by atoms with Gasteiger partial charge in [-0.25, -0.2) is 8.42 Å². The summed E-state index contributed by atoms with van der Waals surface area (Å²) < 4.78 is 32.2.